The summed E-state index contributed by atoms with van der Waals surface area (Å²) in [4.78, 5) is 15.5. The number of rotatable bonds is 24. The number of hydrogen-bond donors (Lipinski definition) is 3. The van der Waals surface area contributed by atoms with Crippen LogP contribution >= 0.6 is 0 Å². The third-order valence-electron chi connectivity index (χ3n) is 7.99. The molecule has 0 fully saturated rings. The van der Waals surface area contributed by atoms with Crippen molar-refractivity contribution in [3.05, 3.63) is 60.0 Å². The second-order valence-electron chi connectivity index (χ2n) is 12.4. The molecule has 0 aliphatic carbocycles. The molecule has 1 amide bonds. The number of fused-ring (bicyclic) bond motifs is 1. The number of hydrogen-bond acceptors (Lipinski definition) is 2. The third-order valence-corrected chi connectivity index (χ3v) is 7.99. The summed E-state index contributed by atoms with van der Waals surface area (Å²) in [6.45, 7) is 14.1. The molecule has 0 spiro atoms. The van der Waals surface area contributed by atoms with Gasteiger partial charge in [-0.3, -0.25) is 4.79 Å². The number of carbonyl (C=O) groups excluding carboxylic acids is 1. The lowest BCUT2D eigenvalue weighted by Crippen LogP contribution is -2.25. The molecule has 0 aliphatic rings. The van der Waals surface area contributed by atoms with Gasteiger partial charge in [0.25, 0.3) is 0 Å². The van der Waals surface area contributed by atoms with Crippen LogP contribution in [0.25, 0.3) is 10.9 Å². The Bertz CT molecular complexity index is 976. The highest BCUT2D eigenvalue weighted by Gasteiger charge is 2.05. The number of benzene rings is 1. The minimum atomic E-state index is 0.206. The maximum Gasteiger partial charge on any atom is 0.220 e. The van der Waals surface area contributed by atoms with Crippen LogP contribution in [0.5, 0.6) is 0 Å². The molecule has 0 saturated carbocycles. The van der Waals surface area contributed by atoms with E-state index in [1.54, 1.807) is 0 Å². The lowest BCUT2D eigenvalue weighted by molar-refractivity contribution is -0.121. The van der Waals surface area contributed by atoms with Gasteiger partial charge in [-0.15, -0.1) is 6.58 Å². The Hall–Kier alpha value is -2.49. The average molecular weight is 581 g/mol. The summed E-state index contributed by atoms with van der Waals surface area (Å²) >= 11 is 0. The van der Waals surface area contributed by atoms with Gasteiger partial charge >= 0.3 is 0 Å². The molecule has 0 bridgehead atoms. The van der Waals surface area contributed by atoms with Gasteiger partial charge in [0.15, 0.2) is 0 Å². The zero-order valence-corrected chi connectivity index (χ0v) is 27.6. The van der Waals surface area contributed by atoms with E-state index in [-0.39, 0.29) is 11.7 Å². The van der Waals surface area contributed by atoms with E-state index in [1.807, 2.05) is 6.92 Å². The molecule has 1 aromatic carbocycles. The van der Waals surface area contributed by atoms with Crippen molar-refractivity contribution >= 4 is 16.8 Å². The smallest absolute Gasteiger partial charge is 0.220 e. The Morgan fingerprint density at radius 1 is 0.786 bits per heavy atom. The van der Waals surface area contributed by atoms with Crippen molar-refractivity contribution in [1.29, 1.82) is 0 Å². The predicted molar refractivity (Wildman–Crippen MR) is 184 cm³/mol. The monoisotopic (exact) mass is 580 g/mol. The molecule has 0 radical (unpaired) electrons. The van der Waals surface area contributed by atoms with Crippen LogP contribution in [0.2, 0.25) is 0 Å². The van der Waals surface area contributed by atoms with Gasteiger partial charge in [0, 0.05) is 36.5 Å². The molecular formula is C38H64N2O2. The van der Waals surface area contributed by atoms with Gasteiger partial charge in [-0.1, -0.05) is 133 Å². The average Bonchev–Trinajstić information content (AvgIpc) is 3.35. The number of H-pyrrole nitrogens is 1. The number of amides is 1. The van der Waals surface area contributed by atoms with Crippen LogP contribution in [0.4, 0.5) is 0 Å². The van der Waals surface area contributed by atoms with E-state index < -0.39 is 0 Å². The normalized spacial score (nSPS) is 10.8. The first-order valence-corrected chi connectivity index (χ1v) is 17.2. The molecule has 1 aromatic heterocycles. The van der Waals surface area contributed by atoms with Gasteiger partial charge < -0.3 is 15.4 Å². The number of aromatic nitrogens is 1. The first kappa shape index (κ1) is 37.5. The maximum absolute atomic E-state index is 12.1. The first-order chi connectivity index (χ1) is 20.3. The fraction of sp³-hybridized carbons (Fsp3) is 0.658. The van der Waals surface area contributed by atoms with Gasteiger partial charge in [-0.05, 0) is 50.8 Å². The van der Waals surface area contributed by atoms with E-state index in [4.69, 9.17) is 5.11 Å². The standard InChI is InChI=1S/C31H52N2O.C7H12O/c1-3-4-5-6-7-8-9-10-11-12-13-14-15-16-17-18-19-20-31(34)32-24-23-28-26-33-30-22-21-27(2)25-29(28)30;1-6(2)4-5-7(3)8/h21-22,25-26,33H,3-20,23-24H2,1-2H3,(H,32,34);8H,1,3-5H2,2H3. The van der Waals surface area contributed by atoms with Crippen LogP contribution in [0, 0.1) is 6.92 Å². The minimum Gasteiger partial charge on any atom is -0.513 e. The molecule has 238 valence electrons. The molecule has 4 nitrogen and oxygen atoms in total. The SMILES string of the molecule is C=C(C)CCC(=C)O.CCCCCCCCCCCCCCCCCCCC(=O)NCCc1c[nH]c2ccc(C)cc12. The number of nitrogens with one attached hydrogen (secondary N) is 2. The summed E-state index contributed by atoms with van der Waals surface area (Å²) < 4.78 is 0. The largest absolute Gasteiger partial charge is 0.513 e. The Kier molecular flexibility index (Phi) is 22.4. The Morgan fingerprint density at radius 3 is 1.79 bits per heavy atom. The highest BCUT2D eigenvalue weighted by atomic mass is 16.3. The third kappa shape index (κ3) is 20.4. The van der Waals surface area contributed by atoms with E-state index in [9.17, 15) is 4.79 Å². The number of allylic oxidation sites excluding steroid dienone is 2. The number of aryl methyl sites for hydroxylation is 1. The first-order valence-electron chi connectivity index (χ1n) is 17.2. The Morgan fingerprint density at radius 2 is 1.31 bits per heavy atom. The van der Waals surface area contributed by atoms with Crippen LogP contribution < -0.4 is 5.32 Å². The van der Waals surface area contributed by atoms with Gasteiger partial charge in [-0.25, -0.2) is 0 Å². The van der Waals surface area contributed by atoms with Gasteiger partial charge in [0.1, 0.15) is 0 Å². The van der Waals surface area contributed by atoms with Crippen LogP contribution in [0.1, 0.15) is 153 Å². The summed E-state index contributed by atoms with van der Waals surface area (Å²) in [5.74, 6) is 0.449. The van der Waals surface area contributed by atoms with Crippen molar-refractivity contribution in [3.8, 4) is 0 Å². The topological polar surface area (TPSA) is 65.1 Å². The number of aliphatic hydroxyl groups is 1. The predicted octanol–water partition coefficient (Wildman–Crippen LogP) is 11.6. The molecule has 42 heavy (non-hydrogen) atoms. The van der Waals surface area contributed by atoms with Crippen LogP contribution in [-0.2, 0) is 11.2 Å². The second kappa shape index (κ2) is 25.0. The zero-order chi connectivity index (χ0) is 30.8. The van der Waals surface area contributed by atoms with Crippen molar-refractivity contribution in [2.75, 3.05) is 6.54 Å². The zero-order valence-electron chi connectivity index (χ0n) is 27.6. The van der Waals surface area contributed by atoms with Crippen LogP contribution in [0.3, 0.4) is 0 Å². The summed E-state index contributed by atoms with van der Waals surface area (Å²) in [6.07, 6.45) is 28.4. The molecule has 2 aromatic rings. The van der Waals surface area contributed by atoms with Crippen molar-refractivity contribution in [2.24, 2.45) is 0 Å². The highest BCUT2D eigenvalue weighted by Crippen LogP contribution is 2.20. The van der Waals surface area contributed by atoms with Gasteiger partial charge in [0.2, 0.25) is 5.91 Å². The molecular weight excluding hydrogens is 516 g/mol. The molecule has 3 N–H and O–H groups in total. The van der Waals surface area contributed by atoms with Crippen molar-refractivity contribution in [2.45, 2.75) is 156 Å². The molecule has 0 saturated heterocycles. The summed E-state index contributed by atoms with van der Waals surface area (Å²) in [5.41, 5.74) is 4.82. The van der Waals surface area contributed by atoms with E-state index in [0.717, 1.165) is 31.4 Å². The number of aromatic amines is 1. The number of carbonyl (C=O) groups is 1. The molecule has 1 heterocycles. The summed E-state index contributed by atoms with van der Waals surface area (Å²) in [5, 5.41) is 12.9. The quantitative estimate of drug-likeness (QED) is 0.0657. The van der Waals surface area contributed by atoms with Gasteiger partial charge in [0.05, 0.1) is 5.76 Å². The van der Waals surface area contributed by atoms with E-state index in [2.05, 4.69) is 61.7 Å². The summed E-state index contributed by atoms with van der Waals surface area (Å²) in [6, 6.07) is 6.48. The molecule has 4 heteroatoms. The highest BCUT2D eigenvalue weighted by molar-refractivity contribution is 5.84. The lowest BCUT2D eigenvalue weighted by Gasteiger charge is -2.06. The fourth-order valence-electron chi connectivity index (χ4n) is 5.29. The molecule has 0 atom stereocenters. The molecule has 0 unspecified atom stereocenters. The van der Waals surface area contributed by atoms with Gasteiger partial charge in [-0.2, -0.15) is 0 Å². The number of unbranched alkanes of at least 4 members (excludes halogenated alkanes) is 16. The Labute approximate surface area is 258 Å². The van der Waals surface area contributed by atoms with E-state index in [0.29, 0.717) is 12.8 Å². The van der Waals surface area contributed by atoms with Crippen molar-refractivity contribution in [1.82, 2.24) is 10.3 Å². The second-order valence-corrected chi connectivity index (χ2v) is 12.4. The molecule has 2 rings (SSSR count). The Balaban J connectivity index is 0.000000962. The number of aliphatic hydroxyl groups excluding tert-OH is 1. The van der Waals surface area contributed by atoms with Crippen molar-refractivity contribution < 1.29 is 9.90 Å². The van der Waals surface area contributed by atoms with E-state index >= 15 is 0 Å². The van der Waals surface area contributed by atoms with Crippen molar-refractivity contribution in [3.63, 3.8) is 0 Å². The summed E-state index contributed by atoms with van der Waals surface area (Å²) in [7, 11) is 0. The lowest BCUT2D eigenvalue weighted by atomic mass is 10.0. The molecule has 0 aliphatic heterocycles. The minimum absolute atomic E-state index is 0.206. The van der Waals surface area contributed by atoms with Crippen LogP contribution in [-0.4, -0.2) is 22.5 Å². The van der Waals surface area contributed by atoms with E-state index in [1.165, 1.54) is 125 Å². The fourth-order valence-corrected chi connectivity index (χ4v) is 5.29. The van der Waals surface area contributed by atoms with Crippen LogP contribution in [0.15, 0.2) is 48.9 Å². The maximum atomic E-state index is 12.1.